The summed E-state index contributed by atoms with van der Waals surface area (Å²) in [5.74, 6) is -0.267. The molecule has 2 saturated heterocycles. The summed E-state index contributed by atoms with van der Waals surface area (Å²) in [6.07, 6.45) is 3.75. The van der Waals surface area contributed by atoms with E-state index in [1.165, 1.54) is 16.2 Å². The highest BCUT2D eigenvalue weighted by atomic mass is 35.5. The molecule has 0 bridgehead atoms. The molecule has 0 spiro atoms. The number of amides is 2. The highest BCUT2D eigenvalue weighted by molar-refractivity contribution is 6.42. The maximum Gasteiger partial charge on any atom is 0.292 e. The predicted molar refractivity (Wildman–Crippen MR) is 81.9 cm³/mol. The van der Waals surface area contributed by atoms with Gasteiger partial charge in [-0.15, -0.1) is 0 Å². The van der Waals surface area contributed by atoms with Crippen LogP contribution in [0.2, 0.25) is 10.0 Å². The lowest BCUT2D eigenvalue weighted by Crippen LogP contribution is -3.17. The number of hydrogen-bond acceptors (Lipinski definition) is 2. The molecule has 2 heterocycles. The van der Waals surface area contributed by atoms with E-state index >= 15 is 0 Å². The molecule has 0 radical (unpaired) electrons. The first kappa shape index (κ1) is 14.8. The molecule has 1 atom stereocenters. The van der Waals surface area contributed by atoms with Gasteiger partial charge in [-0.1, -0.05) is 23.2 Å². The van der Waals surface area contributed by atoms with Gasteiger partial charge in [-0.05, 0) is 37.5 Å². The van der Waals surface area contributed by atoms with Crippen molar-refractivity contribution in [1.29, 1.82) is 0 Å². The molecule has 1 N–H and O–H groups in total. The summed E-state index contributed by atoms with van der Waals surface area (Å²) in [4.78, 5) is 27.4. The average molecular weight is 328 g/mol. The minimum Gasteiger partial charge on any atom is -0.324 e. The van der Waals surface area contributed by atoms with Crippen molar-refractivity contribution >= 4 is 40.7 Å². The van der Waals surface area contributed by atoms with Crippen molar-refractivity contribution < 1.29 is 14.5 Å². The van der Waals surface area contributed by atoms with E-state index in [4.69, 9.17) is 23.2 Å². The molecule has 0 unspecified atom stereocenters. The Hall–Kier alpha value is -1.10. The van der Waals surface area contributed by atoms with E-state index in [9.17, 15) is 9.59 Å². The zero-order valence-corrected chi connectivity index (χ0v) is 13.1. The second-order valence-corrected chi connectivity index (χ2v) is 6.46. The van der Waals surface area contributed by atoms with Crippen LogP contribution in [0.25, 0.3) is 0 Å². The van der Waals surface area contributed by atoms with E-state index in [0.29, 0.717) is 15.7 Å². The van der Waals surface area contributed by atoms with Crippen LogP contribution < -0.4 is 9.80 Å². The highest BCUT2D eigenvalue weighted by Crippen LogP contribution is 2.29. The third-order valence-electron chi connectivity index (χ3n) is 4.30. The van der Waals surface area contributed by atoms with Crippen LogP contribution in [0.1, 0.15) is 25.7 Å². The molecular weight excluding hydrogens is 311 g/mol. The highest BCUT2D eigenvalue weighted by Gasteiger charge is 2.45. The minimum atomic E-state index is -0.243. The number of carbonyl (C=O) groups is 2. The summed E-state index contributed by atoms with van der Waals surface area (Å²) in [5, 5.41) is 0.765. The SMILES string of the molecule is O=C1C[C@@H]([NH+]2CCCCC2)C(=O)N1c1ccc(Cl)c(Cl)c1. The monoisotopic (exact) mass is 327 g/mol. The number of halogens is 2. The van der Waals surface area contributed by atoms with E-state index in [-0.39, 0.29) is 24.3 Å². The fraction of sp³-hybridized carbons (Fsp3) is 0.467. The van der Waals surface area contributed by atoms with Crippen molar-refractivity contribution in [3.8, 4) is 0 Å². The molecule has 1 aromatic carbocycles. The lowest BCUT2D eigenvalue weighted by Gasteiger charge is -2.27. The molecule has 3 rings (SSSR count). The summed E-state index contributed by atoms with van der Waals surface area (Å²) in [6, 6.07) is 4.61. The number of carbonyl (C=O) groups excluding carboxylic acids is 2. The summed E-state index contributed by atoms with van der Waals surface area (Å²) < 4.78 is 0. The first-order valence-electron chi connectivity index (χ1n) is 7.24. The number of quaternary nitrogens is 1. The zero-order valence-electron chi connectivity index (χ0n) is 11.6. The number of imide groups is 1. The third kappa shape index (κ3) is 2.80. The summed E-state index contributed by atoms with van der Waals surface area (Å²) in [6.45, 7) is 1.94. The lowest BCUT2D eigenvalue weighted by molar-refractivity contribution is -0.919. The standard InChI is InChI=1S/C15H16Cl2N2O2/c16-11-5-4-10(8-12(11)17)19-14(20)9-13(15(19)21)18-6-2-1-3-7-18/h4-5,8,13H,1-3,6-7,9H2/p+1/t13-/m1/s1. The van der Waals surface area contributed by atoms with Gasteiger partial charge in [0.05, 0.1) is 35.2 Å². The zero-order chi connectivity index (χ0) is 15.0. The number of likely N-dealkylation sites (tertiary alicyclic amines) is 1. The van der Waals surface area contributed by atoms with Crippen LogP contribution in [0.5, 0.6) is 0 Å². The number of nitrogens with zero attached hydrogens (tertiary/aromatic N) is 1. The van der Waals surface area contributed by atoms with Crippen molar-refractivity contribution in [3.05, 3.63) is 28.2 Å². The molecule has 2 amide bonds. The number of anilines is 1. The van der Waals surface area contributed by atoms with E-state index < -0.39 is 0 Å². The van der Waals surface area contributed by atoms with Crippen LogP contribution in [0.15, 0.2) is 18.2 Å². The normalized spacial score (nSPS) is 23.9. The Morgan fingerprint density at radius 3 is 2.43 bits per heavy atom. The average Bonchev–Trinajstić information content (AvgIpc) is 2.78. The van der Waals surface area contributed by atoms with E-state index in [1.54, 1.807) is 18.2 Å². The first-order chi connectivity index (χ1) is 10.1. The Kier molecular flexibility index (Phi) is 4.20. The fourth-order valence-corrected chi connectivity index (χ4v) is 3.49. The van der Waals surface area contributed by atoms with E-state index in [1.807, 2.05) is 0 Å². The molecule has 21 heavy (non-hydrogen) atoms. The molecule has 2 aliphatic heterocycles. The fourth-order valence-electron chi connectivity index (χ4n) is 3.20. The summed E-state index contributed by atoms with van der Waals surface area (Å²) >= 11 is 11.9. The predicted octanol–water partition coefficient (Wildman–Crippen LogP) is 1.69. The molecular formula is C15H17Cl2N2O2+. The van der Waals surface area contributed by atoms with Crippen LogP contribution >= 0.6 is 23.2 Å². The van der Waals surface area contributed by atoms with E-state index in [2.05, 4.69) is 0 Å². The van der Waals surface area contributed by atoms with Crippen molar-refractivity contribution in [3.63, 3.8) is 0 Å². The Morgan fingerprint density at radius 1 is 1.05 bits per heavy atom. The van der Waals surface area contributed by atoms with Gasteiger partial charge in [-0.25, -0.2) is 4.90 Å². The van der Waals surface area contributed by atoms with Crippen LogP contribution in [-0.4, -0.2) is 30.9 Å². The minimum absolute atomic E-state index is 0.115. The summed E-state index contributed by atoms with van der Waals surface area (Å²) in [5.41, 5.74) is 0.512. The van der Waals surface area contributed by atoms with Crippen molar-refractivity contribution in [2.24, 2.45) is 0 Å². The molecule has 0 saturated carbocycles. The number of nitrogens with one attached hydrogen (secondary N) is 1. The van der Waals surface area contributed by atoms with Gasteiger partial charge in [0.1, 0.15) is 0 Å². The van der Waals surface area contributed by atoms with E-state index in [0.717, 1.165) is 25.9 Å². The van der Waals surface area contributed by atoms with Crippen LogP contribution in [0.3, 0.4) is 0 Å². The van der Waals surface area contributed by atoms with Gasteiger partial charge in [0, 0.05) is 0 Å². The lowest BCUT2D eigenvalue weighted by atomic mass is 10.1. The Labute approximate surface area is 133 Å². The molecule has 6 heteroatoms. The van der Waals surface area contributed by atoms with Crippen LogP contribution in [-0.2, 0) is 9.59 Å². The molecule has 0 aromatic heterocycles. The molecule has 4 nitrogen and oxygen atoms in total. The topological polar surface area (TPSA) is 41.8 Å². The molecule has 112 valence electrons. The van der Waals surface area contributed by atoms with Gasteiger partial charge < -0.3 is 4.90 Å². The third-order valence-corrected chi connectivity index (χ3v) is 5.04. The number of piperidine rings is 1. The number of hydrogen-bond donors (Lipinski definition) is 1. The second-order valence-electron chi connectivity index (χ2n) is 5.64. The Bertz CT molecular complexity index is 585. The van der Waals surface area contributed by atoms with Gasteiger partial charge in [-0.3, -0.25) is 9.59 Å². The van der Waals surface area contributed by atoms with Crippen LogP contribution in [0, 0.1) is 0 Å². The quantitative estimate of drug-likeness (QED) is 0.840. The smallest absolute Gasteiger partial charge is 0.292 e. The van der Waals surface area contributed by atoms with Gasteiger partial charge in [-0.2, -0.15) is 0 Å². The first-order valence-corrected chi connectivity index (χ1v) is 8.00. The van der Waals surface area contributed by atoms with Crippen molar-refractivity contribution in [1.82, 2.24) is 0 Å². The van der Waals surface area contributed by atoms with Crippen molar-refractivity contribution in [2.45, 2.75) is 31.7 Å². The van der Waals surface area contributed by atoms with Gasteiger partial charge in [0.2, 0.25) is 5.91 Å². The second kappa shape index (κ2) is 5.95. The van der Waals surface area contributed by atoms with Gasteiger partial charge in [0.15, 0.2) is 6.04 Å². The van der Waals surface area contributed by atoms with Crippen LogP contribution in [0.4, 0.5) is 5.69 Å². The van der Waals surface area contributed by atoms with Gasteiger partial charge >= 0.3 is 0 Å². The number of rotatable bonds is 2. The largest absolute Gasteiger partial charge is 0.324 e. The Morgan fingerprint density at radius 2 is 1.76 bits per heavy atom. The Balaban J connectivity index is 1.84. The number of benzene rings is 1. The molecule has 2 fully saturated rings. The van der Waals surface area contributed by atoms with Crippen molar-refractivity contribution in [2.75, 3.05) is 18.0 Å². The molecule has 0 aliphatic carbocycles. The maximum absolute atomic E-state index is 12.6. The molecule has 1 aromatic rings. The maximum atomic E-state index is 12.6. The van der Waals surface area contributed by atoms with Gasteiger partial charge in [0.25, 0.3) is 5.91 Å². The molecule has 2 aliphatic rings. The summed E-state index contributed by atoms with van der Waals surface area (Å²) in [7, 11) is 0.